The summed E-state index contributed by atoms with van der Waals surface area (Å²) >= 11 is 0. The number of hydrogen-bond acceptors (Lipinski definition) is 2. The maximum Gasteiger partial charge on any atom is 0.469 e. The van der Waals surface area contributed by atoms with Crippen molar-refractivity contribution in [3.05, 3.63) is 0 Å². The molecule has 0 saturated heterocycles. The van der Waals surface area contributed by atoms with Gasteiger partial charge in [-0.1, -0.05) is 84.5 Å². The molecule has 5 heteroatoms. The standard InChI is InChI=1S/C16H35O4P/c1-3-5-7-9-10-11-13-15-16(20-21(17,18)19)14-12-8-6-4-2/h16H,3-15H2,1-2H3,(H2,17,18,19). The minimum absolute atomic E-state index is 0.279. The van der Waals surface area contributed by atoms with E-state index < -0.39 is 7.82 Å². The van der Waals surface area contributed by atoms with E-state index in [1.807, 2.05) is 0 Å². The van der Waals surface area contributed by atoms with Gasteiger partial charge in [-0.2, -0.15) is 0 Å². The molecule has 0 aromatic rings. The van der Waals surface area contributed by atoms with E-state index in [9.17, 15) is 4.57 Å². The predicted molar refractivity (Wildman–Crippen MR) is 88.3 cm³/mol. The molecule has 0 aromatic heterocycles. The molecule has 0 fully saturated rings. The third-order valence-electron chi connectivity index (χ3n) is 3.80. The Balaban J connectivity index is 3.79. The molecule has 0 bridgehead atoms. The number of hydrogen-bond donors (Lipinski definition) is 2. The van der Waals surface area contributed by atoms with E-state index in [4.69, 9.17) is 14.3 Å². The van der Waals surface area contributed by atoms with Crippen LogP contribution in [-0.4, -0.2) is 15.9 Å². The third kappa shape index (κ3) is 16.3. The Hall–Kier alpha value is 0.110. The van der Waals surface area contributed by atoms with Crippen LogP contribution in [0.15, 0.2) is 0 Å². The molecule has 0 saturated carbocycles. The van der Waals surface area contributed by atoms with Gasteiger partial charge in [-0.15, -0.1) is 0 Å². The molecule has 0 amide bonds. The van der Waals surface area contributed by atoms with Gasteiger partial charge in [0.25, 0.3) is 0 Å². The molecular formula is C16H35O4P. The maximum absolute atomic E-state index is 11.0. The van der Waals surface area contributed by atoms with Crippen molar-refractivity contribution >= 4 is 7.82 Å². The van der Waals surface area contributed by atoms with Gasteiger partial charge in [0.1, 0.15) is 0 Å². The highest BCUT2D eigenvalue weighted by atomic mass is 31.2. The van der Waals surface area contributed by atoms with Gasteiger partial charge in [-0.05, 0) is 12.8 Å². The molecule has 0 aliphatic heterocycles. The lowest BCUT2D eigenvalue weighted by molar-refractivity contribution is 0.115. The summed E-state index contributed by atoms with van der Waals surface area (Å²) in [6.45, 7) is 4.37. The van der Waals surface area contributed by atoms with E-state index in [1.165, 1.54) is 44.9 Å². The number of unbranched alkanes of at least 4 members (excludes halogenated alkanes) is 9. The summed E-state index contributed by atoms with van der Waals surface area (Å²) in [6, 6.07) is 0. The lowest BCUT2D eigenvalue weighted by Gasteiger charge is -2.18. The van der Waals surface area contributed by atoms with Crippen LogP contribution in [0, 0.1) is 0 Å². The van der Waals surface area contributed by atoms with Crippen LogP contribution < -0.4 is 0 Å². The molecule has 2 N–H and O–H groups in total. The van der Waals surface area contributed by atoms with E-state index in [1.54, 1.807) is 0 Å². The third-order valence-corrected chi connectivity index (χ3v) is 4.37. The minimum Gasteiger partial charge on any atom is -0.303 e. The topological polar surface area (TPSA) is 66.8 Å². The number of phosphoric ester groups is 1. The Morgan fingerprint density at radius 2 is 1.14 bits per heavy atom. The van der Waals surface area contributed by atoms with Crippen molar-refractivity contribution < 1.29 is 18.9 Å². The Labute approximate surface area is 130 Å². The van der Waals surface area contributed by atoms with Crippen LogP contribution in [0.25, 0.3) is 0 Å². The van der Waals surface area contributed by atoms with Gasteiger partial charge >= 0.3 is 7.82 Å². The van der Waals surface area contributed by atoms with Crippen LogP contribution in [0.2, 0.25) is 0 Å². The highest BCUT2D eigenvalue weighted by Crippen LogP contribution is 2.39. The van der Waals surface area contributed by atoms with Crippen LogP contribution in [0.3, 0.4) is 0 Å². The zero-order chi connectivity index (χ0) is 16.0. The summed E-state index contributed by atoms with van der Waals surface area (Å²) in [5, 5.41) is 0. The predicted octanol–water partition coefficient (Wildman–Crippen LogP) is 5.58. The fraction of sp³-hybridized carbons (Fsp3) is 1.00. The van der Waals surface area contributed by atoms with Gasteiger partial charge in [0, 0.05) is 0 Å². The summed E-state index contributed by atoms with van der Waals surface area (Å²) in [5.74, 6) is 0. The van der Waals surface area contributed by atoms with Crippen molar-refractivity contribution in [2.45, 2.75) is 103 Å². The van der Waals surface area contributed by atoms with Crippen molar-refractivity contribution in [1.82, 2.24) is 0 Å². The van der Waals surface area contributed by atoms with Gasteiger partial charge in [-0.25, -0.2) is 4.57 Å². The Kier molecular flexibility index (Phi) is 13.8. The number of phosphoric acid groups is 1. The van der Waals surface area contributed by atoms with E-state index in [0.717, 1.165) is 38.5 Å². The van der Waals surface area contributed by atoms with Gasteiger partial charge in [0.2, 0.25) is 0 Å². The van der Waals surface area contributed by atoms with Crippen LogP contribution in [0.4, 0.5) is 0 Å². The highest BCUT2D eigenvalue weighted by molar-refractivity contribution is 7.46. The van der Waals surface area contributed by atoms with Crippen LogP contribution in [0.5, 0.6) is 0 Å². The minimum atomic E-state index is -4.35. The molecule has 1 unspecified atom stereocenters. The monoisotopic (exact) mass is 322 g/mol. The summed E-state index contributed by atoms with van der Waals surface area (Å²) in [4.78, 5) is 18.0. The largest absolute Gasteiger partial charge is 0.469 e. The summed E-state index contributed by atoms with van der Waals surface area (Å²) in [6.07, 6.45) is 14.2. The van der Waals surface area contributed by atoms with Gasteiger partial charge < -0.3 is 9.79 Å². The second-order valence-corrected chi connectivity index (χ2v) is 7.17. The van der Waals surface area contributed by atoms with Gasteiger partial charge in [-0.3, -0.25) is 4.52 Å². The Bertz CT molecular complexity index is 265. The van der Waals surface area contributed by atoms with Gasteiger partial charge in [0.15, 0.2) is 0 Å². The van der Waals surface area contributed by atoms with Crippen molar-refractivity contribution in [3.8, 4) is 0 Å². The summed E-state index contributed by atoms with van der Waals surface area (Å²) in [7, 11) is -4.35. The summed E-state index contributed by atoms with van der Waals surface area (Å²) in [5.41, 5.74) is 0. The van der Waals surface area contributed by atoms with Gasteiger partial charge in [0.05, 0.1) is 6.10 Å². The fourth-order valence-electron chi connectivity index (χ4n) is 2.57. The second-order valence-electron chi connectivity index (χ2n) is 5.98. The molecule has 0 aromatic carbocycles. The van der Waals surface area contributed by atoms with E-state index in [2.05, 4.69) is 13.8 Å². The number of rotatable bonds is 15. The normalized spacial score (nSPS) is 13.5. The first kappa shape index (κ1) is 21.1. The molecule has 128 valence electrons. The van der Waals surface area contributed by atoms with E-state index in [-0.39, 0.29) is 6.10 Å². The van der Waals surface area contributed by atoms with Crippen LogP contribution in [-0.2, 0) is 9.09 Å². The first-order valence-corrected chi connectivity index (χ1v) is 10.3. The molecule has 0 aliphatic carbocycles. The SMILES string of the molecule is CCCCCCCCCC(CCCCCC)OP(=O)(O)O. The Morgan fingerprint density at radius 3 is 1.57 bits per heavy atom. The van der Waals surface area contributed by atoms with E-state index >= 15 is 0 Å². The van der Waals surface area contributed by atoms with Crippen molar-refractivity contribution in [2.75, 3.05) is 0 Å². The van der Waals surface area contributed by atoms with Crippen LogP contribution >= 0.6 is 7.82 Å². The smallest absolute Gasteiger partial charge is 0.303 e. The zero-order valence-corrected chi connectivity index (χ0v) is 14.8. The van der Waals surface area contributed by atoms with Crippen molar-refractivity contribution in [2.24, 2.45) is 0 Å². The highest BCUT2D eigenvalue weighted by Gasteiger charge is 2.21. The zero-order valence-electron chi connectivity index (χ0n) is 13.9. The molecule has 21 heavy (non-hydrogen) atoms. The molecule has 0 heterocycles. The molecule has 1 atom stereocenters. The molecule has 0 rings (SSSR count). The fourth-order valence-corrected chi connectivity index (χ4v) is 3.17. The summed E-state index contributed by atoms with van der Waals surface area (Å²) < 4.78 is 15.9. The first-order chi connectivity index (χ1) is 9.99. The maximum atomic E-state index is 11.0. The lowest BCUT2D eigenvalue weighted by atomic mass is 10.0. The van der Waals surface area contributed by atoms with Crippen LogP contribution in [0.1, 0.15) is 97.3 Å². The second kappa shape index (κ2) is 13.8. The quantitative estimate of drug-likeness (QED) is 0.305. The average molecular weight is 322 g/mol. The average Bonchev–Trinajstić information content (AvgIpc) is 2.40. The lowest BCUT2D eigenvalue weighted by Crippen LogP contribution is -2.11. The molecule has 4 nitrogen and oxygen atoms in total. The molecule has 0 radical (unpaired) electrons. The Morgan fingerprint density at radius 1 is 0.762 bits per heavy atom. The van der Waals surface area contributed by atoms with E-state index in [0.29, 0.717) is 0 Å². The van der Waals surface area contributed by atoms with Crippen molar-refractivity contribution in [1.29, 1.82) is 0 Å². The molecular weight excluding hydrogens is 287 g/mol. The first-order valence-electron chi connectivity index (χ1n) is 8.73. The van der Waals surface area contributed by atoms with Crippen molar-refractivity contribution in [3.63, 3.8) is 0 Å². The molecule has 0 spiro atoms. The molecule has 0 aliphatic rings.